The standard InChI is InChI=1S/C17H27ClN2/c1-5-16(3)13-20(17(4,6-2)12-19-16)11-14-8-7-9-15(18)10-14/h7-10,19H,5-6,11-13H2,1-4H3. The Balaban J connectivity index is 2.20. The van der Waals surface area contributed by atoms with E-state index < -0.39 is 0 Å². The molecule has 0 bridgehead atoms. The molecule has 2 nitrogen and oxygen atoms in total. The van der Waals surface area contributed by atoms with E-state index in [-0.39, 0.29) is 11.1 Å². The van der Waals surface area contributed by atoms with E-state index in [1.165, 1.54) is 5.56 Å². The van der Waals surface area contributed by atoms with Gasteiger partial charge in [0.15, 0.2) is 0 Å². The van der Waals surface area contributed by atoms with Crippen molar-refractivity contribution in [3.05, 3.63) is 34.9 Å². The van der Waals surface area contributed by atoms with Crippen LogP contribution in [-0.4, -0.2) is 29.1 Å². The predicted molar refractivity (Wildman–Crippen MR) is 87.3 cm³/mol. The van der Waals surface area contributed by atoms with Gasteiger partial charge in [0.1, 0.15) is 0 Å². The number of halogens is 1. The maximum Gasteiger partial charge on any atom is 0.0409 e. The van der Waals surface area contributed by atoms with Gasteiger partial charge in [0.25, 0.3) is 0 Å². The number of benzene rings is 1. The third-order valence-electron chi connectivity index (χ3n) is 5.00. The molecule has 2 atom stereocenters. The number of nitrogens with one attached hydrogen (secondary N) is 1. The lowest BCUT2D eigenvalue weighted by Crippen LogP contribution is -2.67. The molecule has 0 amide bonds. The molecule has 1 saturated heterocycles. The van der Waals surface area contributed by atoms with Crippen LogP contribution in [0.5, 0.6) is 0 Å². The molecule has 0 aromatic heterocycles. The largest absolute Gasteiger partial charge is 0.308 e. The molecular weight excluding hydrogens is 268 g/mol. The quantitative estimate of drug-likeness (QED) is 0.900. The minimum Gasteiger partial charge on any atom is -0.308 e. The van der Waals surface area contributed by atoms with Crippen LogP contribution < -0.4 is 5.32 Å². The van der Waals surface area contributed by atoms with Gasteiger partial charge in [-0.15, -0.1) is 0 Å². The fourth-order valence-corrected chi connectivity index (χ4v) is 3.08. The molecule has 1 N–H and O–H groups in total. The average Bonchev–Trinajstić information content (AvgIpc) is 2.43. The summed E-state index contributed by atoms with van der Waals surface area (Å²) < 4.78 is 0. The number of nitrogens with zero attached hydrogens (tertiary/aromatic N) is 1. The Bertz CT molecular complexity index is 462. The van der Waals surface area contributed by atoms with E-state index in [9.17, 15) is 0 Å². The van der Waals surface area contributed by atoms with Crippen LogP contribution in [0.25, 0.3) is 0 Å². The van der Waals surface area contributed by atoms with E-state index in [1.807, 2.05) is 12.1 Å². The van der Waals surface area contributed by atoms with Gasteiger partial charge < -0.3 is 5.32 Å². The molecular formula is C17H27ClN2. The molecule has 0 spiro atoms. The molecule has 20 heavy (non-hydrogen) atoms. The summed E-state index contributed by atoms with van der Waals surface area (Å²) in [5, 5.41) is 4.57. The van der Waals surface area contributed by atoms with Crippen LogP contribution in [0, 0.1) is 0 Å². The molecule has 2 rings (SSSR count). The Morgan fingerprint density at radius 1 is 1.25 bits per heavy atom. The molecule has 1 fully saturated rings. The Kier molecular flexibility index (Phi) is 4.78. The van der Waals surface area contributed by atoms with Crippen molar-refractivity contribution < 1.29 is 0 Å². The Hall–Kier alpha value is -0.570. The van der Waals surface area contributed by atoms with E-state index in [4.69, 9.17) is 11.6 Å². The van der Waals surface area contributed by atoms with Crippen molar-refractivity contribution >= 4 is 11.6 Å². The normalized spacial score (nSPS) is 31.4. The van der Waals surface area contributed by atoms with Gasteiger partial charge >= 0.3 is 0 Å². The van der Waals surface area contributed by atoms with Gasteiger partial charge in [-0.1, -0.05) is 37.6 Å². The summed E-state index contributed by atoms with van der Waals surface area (Å²) in [6.07, 6.45) is 2.30. The molecule has 2 unspecified atom stereocenters. The van der Waals surface area contributed by atoms with Crippen LogP contribution in [0.15, 0.2) is 24.3 Å². The second-order valence-electron chi connectivity index (χ2n) is 6.60. The zero-order valence-corrected chi connectivity index (χ0v) is 13.9. The van der Waals surface area contributed by atoms with Crippen LogP contribution in [-0.2, 0) is 6.54 Å². The van der Waals surface area contributed by atoms with Crippen molar-refractivity contribution in [2.24, 2.45) is 0 Å². The smallest absolute Gasteiger partial charge is 0.0409 e. The van der Waals surface area contributed by atoms with Crippen molar-refractivity contribution in [1.82, 2.24) is 10.2 Å². The third kappa shape index (κ3) is 3.36. The summed E-state index contributed by atoms with van der Waals surface area (Å²) in [5.41, 5.74) is 1.74. The molecule has 3 heteroatoms. The van der Waals surface area contributed by atoms with Crippen LogP contribution >= 0.6 is 11.6 Å². The van der Waals surface area contributed by atoms with Crippen molar-refractivity contribution in [2.45, 2.75) is 58.2 Å². The summed E-state index contributed by atoms with van der Waals surface area (Å²) in [6.45, 7) is 12.3. The second-order valence-corrected chi connectivity index (χ2v) is 7.04. The first-order valence-corrected chi connectivity index (χ1v) is 8.03. The van der Waals surface area contributed by atoms with Gasteiger partial charge in [0.05, 0.1) is 0 Å². The summed E-state index contributed by atoms with van der Waals surface area (Å²) >= 11 is 6.12. The molecule has 1 aliphatic rings. The van der Waals surface area contributed by atoms with Crippen molar-refractivity contribution in [3.63, 3.8) is 0 Å². The van der Waals surface area contributed by atoms with Crippen LogP contribution in [0.2, 0.25) is 5.02 Å². The highest BCUT2D eigenvalue weighted by molar-refractivity contribution is 6.30. The summed E-state index contributed by atoms with van der Waals surface area (Å²) in [4.78, 5) is 2.62. The predicted octanol–water partition coefficient (Wildman–Crippen LogP) is 4.08. The van der Waals surface area contributed by atoms with Crippen LogP contribution in [0.1, 0.15) is 46.1 Å². The van der Waals surface area contributed by atoms with Gasteiger partial charge in [0.2, 0.25) is 0 Å². The molecule has 112 valence electrons. The first kappa shape index (κ1) is 15.8. The summed E-state index contributed by atoms with van der Waals surface area (Å²) in [6, 6.07) is 8.25. The second kappa shape index (κ2) is 6.05. The molecule has 0 aliphatic carbocycles. The Morgan fingerprint density at radius 3 is 2.60 bits per heavy atom. The number of rotatable bonds is 4. The van der Waals surface area contributed by atoms with E-state index in [1.54, 1.807) is 0 Å². The van der Waals surface area contributed by atoms with Gasteiger partial charge in [-0.05, 0) is 44.4 Å². The maximum atomic E-state index is 6.12. The highest BCUT2D eigenvalue weighted by Crippen LogP contribution is 2.30. The summed E-state index contributed by atoms with van der Waals surface area (Å²) in [5.74, 6) is 0. The van der Waals surface area contributed by atoms with Gasteiger partial charge in [-0.3, -0.25) is 4.90 Å². The molecule has 1 aromatic rings. The Labute approximate surface area is 128 Å². The molecule has 1 aromatic carbocycles. The fraction of sp³-hybridized carbons (Fsp3) is 0.647. The average molecular weight is 295 g/mol. The molecule has 0 radical (unpaired) electrons. The third-order valence-corrected chi connectivity index (χ3v) is 5.24. The van der Waals surface area contributed by atoms with E-state index >= 15 is 0 Å². The zero-order chi connectivity index (χ0) is 14.8. The SMILES string of the molecule is CCC1(C)CN(Cc2cccc(Cl)c2)C(C)(CC)CN1. The van der Waals surface area contributed by atoms with Gasteiger partial charge in [-0.25, -0.2) is 0 Å². The van der Waals surface area contributed by atoms with E-state index in [0.29, 0.717) is 0 Å². The minimum absolute atomic E-state index is 0.216. The van der Waals surface area contributed by atoms with Crippen molar-refractivity contribution in [2.75, 3.05) is 13.1 Å². The zero-order valence-electron chi connectivity index (χ0n) is 13.2. The minimum atomic E-state index is 0.216. The van der Waals surface area contributed by atoms with Crippen LogP contribution in [0.4, 0.5) is 0 Å². The lowest BCUT2D eigenvalue weighted by molar-refractivity contribution is 0.0104. The highest BCUT2D eigenvalue weighted by atomic mass is 35.5. The molecule has 1 heterocycles. The molecule has 1 aliphatic heterocycles. The monoisotopic (exact) mass is 294 g/mol. The first-order valence-electron chi connectivity index (χ1n) is 7.65. The maximum absolute atomic E-state index is 6.12. The highest BCUT2D eigenvalue weighted by Gasteiger charge is 2.40. The lowest BCUT2D eigenvalue weighted by atomic mass is 9.85. The van der Waals surface area contributed by atoms with Crippen molar-refractivity contribution in [1.29, 1.82) is 0 Å². The van der Waals surface area contributed by atoms with Gasteiger partial charge in [-0.2, -0.15) is 0 Å². The van der Waals surface area contributed by atoms with E-state index in [2.05, 4.69) is 50.0 Å². The van der Waals surface area contributed by atoms with Gasteiger partial charge in [0, 0.05) is 35.7 Å². The first-order chi connectivity index (χ1) is 9.41. The van der Waals surface area contributed by atoms with Crippen molar-refractivity contribution in [3.8, 4) is 0 Å². The fourth-order valence-electron chi connectivity index (χ4n) is 2.87. The lowest BCUT2D eigenvalue weighted by Gasteiger charge is -2.52. The Morgan fingerprint density at radius 2 is 2.00 bits per heavy atom. The summed E-state index contributed by atoms with van der Waals surface area (Å²) in [7, 11) is 0. The van der Waals surface area contributed by atoms with E-state index in [0.717, 1.165) is 37.5 Å². The van der Waals surface area contributed by atoms with Crippen LogP contribution in [0.3, 0.4) is 0 Å². The topological polar surface area (TPSA) is 15.3 Å². The number of hydrogen-bond acceptors (Lipinski definition) is 2. The number of piperazine rings is 1. The number of hydrogen-bond donors (Lipinski definition) is 1. The molecule has 0 saturated carbocycles.